The van der Waals surface area contributed by atoms with Gasteiger partial charge in [-0.25, -0.2) is 4.98 Å². The summed E-state index contributed by atoms with van der Waals surface area (Å²) in [6, 6.07) is 13.2. The summed E-state index contributed by atoms with van der Waals surface area (Å²) in [4.78, 5) is 36.0. The molecular formula is C25H26N4O3. The van der Waals surface area contributed by atoms with E-state index in [4.69, 9.17) is 4.74 Å². The molecule has 1 unspecified atom stereocenters. The normalized spacial score (nSPS) is 18.6. The van der Waals surface area contributed by atoms with Gasteiger partial charge < -0.3 is 9.64 Å². The van der Waals surface area contributed by atoms with Crippen molar-refractivity contribution >= 4 is 5.91 Å². The molecule has 2 aliphatic rings. The average Bonchev–Trinajstić information content (AvgIpc) is 2.85. The number of fused-ring (bicyclic) bond motifs is 1. The molecule has 1 saturated heterocycles. The maximum absolute atomic E-state index is 13.0. The van der Waals surface area contributed by atoms with E-state index in [2.05, 4.69) is 16.0 Å². The molecule has 1 amide bonds. The molecule has 2 aromatic heterocycles. The van der Waals surface area contributed by atoms with E-state index in [1.54, 1.807) is 29.4 Å². The Balaban J connectivity index is 1.17. The zero-order valence-electron chi connectivity index (χ0n) is 17.9. The maximum Gasteiger partial charge on any atom is 0.263 e. The van der Waals surface area contributed by atoms with E-state index in [0.29, 0.717) is 31.2 Å². The molecule has 1 atom stereocenters. The molecule has 5 rings (SSSR count). The summed E-state index contributed by atoms with van der Waals surface area (Å²) < 4.78 is 7.65. The van der Waals surface area contributed by atoms with Gasteiger partial charge in [0.15, 0.2) is 6.10 Å². The predicted octanol–water partition coefficient (Wildman–Crippen LogP) is 2.94. The minimum absolute atomic E-state index is 0.0633. The van der Waals surface area contributed by atoms with Crippen LogP contribution in [0.1, 0.15) is 24.8 Å². The fourth-order valence-electron chi connectivity index (χ4n) is 4.55. The van der Waals surface area contributed by atoms with Gasteiger partial charge in [-0.2, -0.15) is 0 Å². The Morgan fingerprint density at radius 2 is 1.94 bits per heavy atom. The first-order chi connectivity index (χ1) is 15.7. The van der Waals surface area contributed by atoms with Crippen molar-refractivity contribution < 1.29 is 9.53 Å². The van der Waals surface area contributed by atoms with Crippen LogP contribution in [-0.2, 0) is 17.8 Å². The lowest BCUT2D eigenvalue weighted by molar-refractivity contribution is -0.141. The second-order valence-corrected chi connectivity index (χ2v) is 8.53. The first-order valence-electron chi connectivity index (χ1n) is 11.2. The standard InChI is InChI=1S/C25H26N4O3/c30-24-14-21(20-5-3-11-26-15-20)27-17-29(24)16-18-9-12-28(13-10-18)25(31)23-8-7-19-4-1-2-6-22(19)32-23/h1-6,11,14-15,17-18,23H,7-10,12-13,16H2. The van der Waals surface area contributed by atoms with Crippen molar-refractivity contribution in [2.75, 3.05) is 13.1 Å². The molecule has 32 heavy (non-hydrogen) atoms. The quantitative estimate of drug-likeness (QED) is 0.636. The Labute approximate surface area is 186 Å². The lowest BCUT2D eigenvalue weighted by atomic mass is 9.95. The Kier molecular flexibility index (Phi) is 5.71. The smallest absolute Gasteiger partial charge is 0.263 e. The highest BCUT2D eigenvalue weighted by Gasteiger charge is 2.32. The predicted molar refractivity (Wildman–Crippen MR) is 120 cm³/mol. The lowest BCUT2D eigenvalue weighted by Crippen LogP contribution is -2.47. The van der Waals surface area contributed by atoms with Gasteiger partial charge in [-0.15, -0.1) is 0 Å². The van der Waals surface area contributed by atoms with Gasteiger partial charge in [-0.05, 0) is 55.4 Å². The van der Waals surface area contributed by atoms with Gasteiger partial charge in [0, 0.05) is 43.7 Å². The van der Waals surface area contributed by atoms with Crippen LogP contribution in [0.25, 0.3) is 11.3 Å². The number of ether oxygens (including phenoxy) is 1. The fraction of sp³-hybridized carbons (Fsp3) is 0.360. The molecule has 1 fully saturated rings. The minimum atomic E-state index is -0.395. The lowest BCUT2D eigenvalue weighted by Gasteiger charge is -2.35. The maximum atomic E-state index is 13.0. The fourth-order valence-corrected chi connectivity index (χ4v) is 4.55. The number of likely N-dealkylation sites (tertiary alicyclic amines) is 1. The number of nitrogens with zero attached hydrogens (tertiary/aromatic N) is 4. The molecule has 0 bridgehead atoms. The topological polar surface area (TPSA) is 77.3 Å². The third-order valence-electron chi connectivity index (χ3n) is 6.41. The van der Waals surface area contributed by atoms with E-state index >= 15 is 0 Å². The molecular weight excluding hydrogens is 404 g/mol. The Hall–Kier alpha value is -3.48. The number of hydrogen-bond acceptors (Lipinski definition) is 5. The van der Waals surface area contributed by atoms with Crippen molar-refractivity contribution in [1.29, 1.82) is 0 Å². The summed E-state index contributed by atoms with van der Waals surface area (Å²) in [5.74, 6) is 1.25. The number of pyridine rings is 1. The molecule has 0 saturated carbocycles. The molecule has 0 spiro atoms. The van der Waals surface area contributed by atoms with E-state index in [1.165, 1.54) is 5.56 Å². The van der Waals surface area contributed by atoms with Crippen LogP contribution < -0.4 is 10.3 Å². The zero-order valence-corrected chi connectivity index (χ0v) is 17.9. The summed E-state index contributed by atoms with van der Waals surface area (Å²) in [6.45, 7) is 2.01. The number of carbonyl (C=O) groups is 1. The summed E-state index contributed by atoms with van der Waals surface area (Å²) >= 11 is 0. The molecule has 0 N–H and O–H groups in total. The van der Waals surface area contributed by atoms with E-state index in [0.717, 1.165) is 37.0 Å². The van der Waals surface area contributed by atoms with Crippen LogP contribution in [0.15, 0.2) is 66.0 Å². The van der Waals surface area contributed by atoms with Crippen molar-refractivity contribution in [1.82, 2.24) is 19.4 Å². The number of aromatic nitrogens is 3. The minimum Gasteiger partial charge on any atom is -0.480 e. The van der Waals surface area contributed by atoms with Crippen LogP contribution in [-0.4, -0.2) is 44.5 Å². The van der Waals surface area contributed by atoms with Crippen molar-refractivity contribution in [3.05, 3.63) is 77.1 Å². The summed E-state index contributed by atoms with van der Waals surface area (Å²) in [7, 11) is 0. The van der Waals surface area contributed by atoms with Crippen molar-refractivity contribution in [3.63, 3.8) is 0 Å². The van der Waals surface area contributed by atoms with E-state index < -0.39 is 6.10 Å². The summed E-state index contributed by atoms with van der Waals surface area (Å²) in [5.41, 5.74) is 2.57. The van der Waals surface area contributed by atoms with Gasteiger partial charge >= 0.3 is 0 Å². The molecule has 2 aliphatic heterocycles. The van der Waals surface area contributed by atoms with Gasteiger partial charge in [-0.1, -0.05) is 18.2 Å². The van der Waals surface area contributed by atoms with E-state index in [1.807, 2.05) is 35.2 Å². The number of hydrogen-bond donors (Lipinski definition) is 0. The van der Waals surface area contributed by atoms with Gasteiger partial charge in [-0.3, -0.25) is 19.1 Å². The van der Waals surface area contributed by atoms with E-state index in [-0.39, 0.29) is 11.5 Å². The molecule has 1 aromatic carbocycles. The van der Waals surface area contributed by atoms with Gasteiger partial charge in [0.1, 0.15) is 5.75 Å². The molecule has 3 aromatic rings. The van der Waals surface area contributed by atoms with Crippen molar-refractivity contribution in [2.45, 2.75) is 38.3 Å². The van der Waals surface area contributed by atoms with Crippen LogP contribution in [0.5, 0.6) is 5.75 Å². The van der Waals surface area contributed by atoms with Gasteiger partial charge in [0.2, 0.25) is 0 Å². The van der Waals surface area contributed by atoms with Crippen molar-refractivity contribution in [3.8, 4) is 17.0 Å². The first kappa shape index (κ1) is 20.4. The highest BCUT2D eigenvalue weighted by molar-refractivity contribution is 5.81. The molecule has 0 radical (unpaired) electrons. The molecule has 7 nitrogen and oxygen atoms in total. The van der Waals surface area contributed by atoms with Crippen LogP contribution >= 0.6 is 0 Å². The zero-order chi connectivity index (χ0) is 21.9. The van der Waals surface area contributed by atoms with E-state index in [9.17, 15) is 9.59 Å². The first-order valence-corrected chi connectivity index (χ1v) is 11.2. The monoisotopic (exact) mass is 430 g/mol. The third-order valence-corrected chi connectivity index (χ3v) is 6.41. The SMILES string of the molecule is O=C(C1CCc2ccccc2O1)N1CCC(Cn2cnc(-c3cccnc3)cc2=O)CC1. The Bertz CT molecular complexity index is 1150. The van der Waals surface area contributed by atoms with Crippen LogP contribution in [0, 0.1) is 5.92 Å². The number of benzene rings is 1. The molecule has 7 heteroatoms. The van der Waals surface area contributed by atoms with Crippen LogP contribution in [0.2, 0.25) is 0 Å². The molecule has 0 aliphatic carbocycles. The Morgan fingerprint density at radius 1 is 1.09 bits per heavy atom. The average molecular weight is 431 g/mol. The van der Waals surface area contributed by atoms with Crippen LogP contribution in [0.4, 0.5) is 0 Å². The Morgan fingerprint density at radius 3 is 2.72 bits per heavy atom. The number of rotatable bonds is 4. The third kappa shape index (κ3) is 4.28. The summed E-state index contributed by atoms with van der Waals surface area (Å²) in [5, 5.41) is 0. The van der Waals surface area contributed by atoms with Crippen LogP contribution in [0.3, 0.4) is 0 Å². The number of piperidine rings is 1. The summed E-state index contributed by atoms with van der Waals surface area (Å²) in [6.07, 6.45) is 7.95. The van der Waals surface area contributed by atoms with Gasteiger partial charge in [0.25, 0.3) is 11.5 Å². The van der Waals surface area contributed by atoms with Crippen molar-refractivity contribution in [2.24, 2.45) is 5.92 Å². The highest BCUT2D eigenvalue weighted by Crippen LogP contribution is 2.29. The second-order valence-electron chi connectivity index (χ2n) is 8.53. The largest absolute Gasteiger partial charge is 0.480 e. The van der Waals surface area contributed by atoms with Gasteiger partial charge in [0.05, 0.1) is 12.0 Å². The number of aryl methyl sites for hydroxylation is 1. The molecule has 4 heterocycles. The second kappa shape index (κ2) is 8.94. The number of para-hydroxylation sites is 1. The number of amides is 1. The highest BCUT2D eigenvalue weighted by atomic mass is 16.5. The number of carbonyl (C=O) groups excluding carboxylic acids is 1. The molecule has 164 valence electrons.